The van der Waals surface area contributed by atoms with E-state index in [1.54, 1.807) is 17.6 Å². The molecular formula is C24H26N4O8S3. The maximum absolute atomic E-state index is 12.7. The third kappa shape index (κ3) is 6.25. The summed E-state index contributed by atoms with van der Waals surface area (Å²) < 4.78 is 32.4. The van der Waals surface area contributed by atoms with Crippen molar-refractivity contribution in [2.45, 2.75) is 39.7 Å². The highest BCUT2D eigenvalue weighted by molar-refractivity contribution is 7.92. The van der Waals surface area contributed by atoms with Gasteiger partial charge in [-0.1, -0.05) is 18.3 Å². The van der Waals surface area contributed by atoms with E-state index in [1.807, 2.05) is 0 Å². The molecule has 12 nitrogen and oxygen atoms in total. The number of thiophene rings is 1. The molecule has 2 heterocycles. The Morgan fingerprint density at radius 2 is 2.00 bits per heavy atom. The molecule has 2 aromatic heterocycles. The summed E-state index contributed by atoms with van der Waals surface area (Å²) in [5.74, 6) is -4.00. The van der Waals surface area contributed by atoms with Gasteiger partial charge >= 0.3 is 5.97 Å². The second kappa shape index (κ2) is 11.4. The molecule has 208 valence electrons. The van der Waals surface area contributed by atoms with Crippen molar-refractivity contribution in [1.29, 1.82) is 0 Å². The number of nitrogens with one attached hydrogen (secondary N) is 1. The summed E-state index contributed by atoms with van der Waals surface area (Å²) in [6, 6.07) is 4.25. The number of anilines is 1. The summed E-state index contributed by atoms with van der Waals surface area (Å²) >= 11 is 2.26. The standard InChI is InChI=1S/C24H26N4O8S3/c1-4-27-16-8-6-14(28(32)33)10-18(16)38-24(27)26-20(30)12-39(34,35)11-19(29)25-22-21(23(31)36-3)15-7-5-13(2)9-17(15)37-22/h6,8,10,13H,4-5,7,9,11-12H2,1-3H3,(H,25,29). The minimum absolute atomic E-state index is 0.116. The number of hydrogen-bond donors (Lipinski definition) is 1. The zero-order valence-corrected chi connectivity index (χ0v) is 23.8. The molecule has 0 spiro atoms. The first kappa shape index (κ1) is 28.6. The van der Waals surface area contributed by atoms with Crippen LogP contribution in [0.3, 0.4) is 0 Å². The van der Waals surface area contributed by atoms with E-state index in [2.05, 4.69) is 17.2 Å². The Bertz CT molecular complexity index is 1670. The second-order valence-electron chi connectivity index (χ2n) is 9.17. The molecule has 39 heavy (non-hydrogen) atoms. The summed E-state index contributed by atoms with van der Waals surface area (Å²) in [6.45, 7) is 4.28. The van der Waals surface area contributed by atoms with Gasteiger partial charge in [0.2, 0.25) is 5.91 Å². The average molecular weight is 595 g/mol. The van der Waals surface area contributed by atoms with E-state index in [1.165, 1.54) is 30.6 Å². The molecule has 1 atom stereocenters. The first-order valence-electron chi connectivity index (χ1n) is 12.0. The molecule has 1 unspecified atom stereocenters. The third-order valence-electron chi connectivity index (χ3n) is 6.26. The molecule has 4 rings (SSSR count). The lowest BCUT2D eigenvalue weighted by atomic mass is 9.88. The number of thiazole rings is 1. The fourth-order valence-electron chi connectivity index (χ4n) is 4.46. The van der Waals surface area contributed by atoms with Crippen molar-refractivity contribution in [3.8, 4) is 0 Å². The summed E-state index contributed by atoms with van der Waals surface area (Å²) in [5, 5.41) is 13.8. The number of aromatic nitrogens is 1. The van der Waals surface area contributed by atoms with Crippen LogP contribution in [0.5, 0.6) is 0 Å². The van der Waals surface area contributed by atoms with Crippen LogP contribution in [0.4, 0.5) is 10.7 Å². The SMILES string of the molecule is CCn1c(=NC(=O)CS(=O)(=O)CC(=O)Nc2sc3c(c2C(=O)OC)CCC(C)C3)sc2cc([N+](=O)[O-])ccc21. The molecule has 0 bridgehead atoms. The number of sulfone groups is 1. The first-order valence-corrected chi connectivity index (χ1v) is 15.5. The molecule has 0 radical (unpaired) electrons. The zero-order chi connectivity index (χ0) is 28.5. The van der Waals surface area contributed by atoms with E-state index in [4.69, 9.17) is 4.74 Å². The van der Waals surface area contributed by atoms with Gasteiger partial charge in [0.15, 0.2) is 14.6 Å². The van der Waals surface area contributed by atoms with Gasteiger partial charge in [0.05, 0.1) is 27.8 Å². The minimum Gasteiger partial charge on any atom is -0.465 e. The number of rotatable bonds is 8. The van der Waals surface area contributed by atoms with Crippen molar-refractivity contribution in [2.75, 3.05) is 23.9 Å². The Labute approximate surface area is 231 Å². The number of non-ortho nitro benzene ring substituents is 1. The Morgan fingerprint density at radius 3 is 2.67 bits per heavy atom. The van der Waals surface area contributed by atoms with Gasteiger partial charge in [-0.15, -0.1) is 11.3 Å². The summed E-state index contributed by atoms with van der Waals surface area (Å²) in [6.07, 6.45) is 2.29. The van der Waals surface area contributed by atoms with Crippen molar-refractivity contribution in [3.63, 3.8) is 0 Å². The van der Waals surface area contributed by atoms with Crippen LogP contribution in [-0.4, -0.2) is 54.3 Å². The summed E-state index contributed by atoms with van der Waals surface area (Å²) in [7, 11) is -2.96. The van der Waals surface area contributed by atoms with Crippen LogP contribution in [-0.2, 0) is 43.5 Å². The van der Waals surface area contributed by atoms with Crippen LogP contribution in [0, 0.1) is 16.0 Å². The number of nitro groups is 1. The molecule has 0 saturated heterocycles. The number of methoxy groups -OCH3 is 1. The van der Waals surface area contributed by atoms with Gasteiger partial charge < -0.3 is 14.6 Å². The molecule has 1 aliphatic carbocycles. The van der Waals surface area contributed by atoms with Crippen molar-refractivity contribution in [1.82, 2.24) is 4.57 Å². The molecule has 0 saturated carbocycles. The largest absolute Gasteiger partial charge is 0.465 e. The van der Waals surface area contributed by atoms with Crippen molar-refractivity contribution in [2.24, 2.45) is 10.9 Å². The van der Waals surface area contributed by atoms with Crippen LogP contribution in [0.25, 0.3) is 10.2 Å². The molecule has 0 aliphatic heterocycles. The van der Waals surface area contributed by atoms with Crippen LogP contribution >= 0.6 is 22.7 Å². The van der Waals surface area contributed by atoms with Crippen LogP contribution in [0.15, 0.2) is 23.2 Å². The second-order valence-corrected chi connectivity index (χ2v) is 13.4. The summed E-state index contributed by atoms with van der Waals surface area (Å²) in [4.78, 5) is 53.3. The lowest BCUT2D eigenvalue weighted by Crippen LogP contribution is -2.28. The molecule has 2 amide bonds. The highest BCUT2D eigenvalue weighted by atomic mass is 32.2. The smallest absolute Gasteiger partial charge is 0.341 e. The van der Waals surface area contributed by atoms with Crippen molar-refractivity contribution in [3.05, 3.63) is 49.1 Å². The summed E-state index contributed by atoms with van der Waals surface area (Å²) in [5.41, 5.74) is 1.57. The molecular weight excluding hydrogens is 568 g/mol. The van der Waals surface area contributed by atoms with Gasteiger partial charge in [-0.2, -0.15) is 4.99 Å². The maximum atomic E-state index is 12.7. The lowest BCUT2D eigenvalue weighted by molar-refractivity contribution is -0.384. The Hall–Kier alpha value is -3.43. The normalized spacial score (nSPS) is 15.7. The van der Waals surface area contributed by atoms with Gasteiger partial charge in [-0.25, -0.2) is 13.2 Å². The van der Waals surface area contributed by atoms with E-state index in [9.17, 15) is 32.9 Å². The molecule has 1 N–H and O–H groups in total. The quantitative estimate of drug-likeness (QED) is 0.236. The number of carbonyl (C=O) groups is 3. The molecule has 0 fully saturated rings. The predicted octanol–water partition coefficient (Wildman–Crippen LogP) is 3.08. The number of hydrogen-bond acceptors (Lipinski definition) is 10. The number of amides is 2. The van der Waals surface area contributed by atoms with E-state index in [0.29, 0.717) is 29.1 Å². The Balaban J connectivity index is 1.51. The third-order valence-corrected chi connectivity index (χ3v) is 9.86. The number of ether oxygens (including phenoxy) is 1. The Kier molecular flexibility index (Phi) is 8.32. The van der Waals surface area contributed by atoms with Crippen LogP contribution < -0.4 is 10.1 Å². The number of fused-ring (bicyclic) bond motifs is 2. The maximum Gasteiger partial charge on any atom is 0.341 e. The lowest BCUT2D eigenvalue weighted by Gasteiger charge is -2.18. The highest BCUT2D eigenvalue weighted by Crippen LogP contribution is 2.40. The zero-order valence-electron chi connectivity index (χ0n) is 21.4. The van der Waals surface area contributed by atoms with Gasteiger partial charge in [-0.3, -0.25) is 19.7 Å². The number of carbonyl (C=O) groups excluding carboxylic acids is 3. The highest BCUT2D eigenvalue weighted by Gasteiger charge is 2.30. The van der Waals surface area contributed by atoms with Crippen LogP contribution in [0.1, 0.15) is 41.1 Å². The molecule has 1 aliphatic rings. The first-order chi connectivity index (χ1) is 18.4. The van der Waals surface area contributed by atoms with Gasteiger partial charge in [0.25, 0.3) is 11.6 Å². The monoisotopic (exact) mass is 594 g/mol. The fraction of sp³-hybridized carbons (Fsp3) is 0.417. The van der Waals surface area contributed by atoms with Crippen molar-refractivity contribution < 1.29 is 32.5 Å². The molecule has 15 heteroatoms. The van der Waals surface area contributed by atoms with E-state index >= 15 is 0 Å². The van der Waals surface area contributed by atoms with Gasteiger partial charge in [0.1, 0.15) is 16.5 Å². The minimum atomic E-state index is -4.20. The van der Waals surface area contributed by atoms with Gasteiger partial charge in [0, 0.05) is 23.6 Å². The number of esters is 1. The van der Waals surface area contributed by atoms with E-state index in [0.717, 1.165) is 34.6 Å². The van der Waals surface area contributed by atoms with E-state index in [-0.39, 0.29) is 21.1 Å². The molecule has 1 aromatic carbocycles. The average Bonchev–Trinajstić information content (AvgIpc) is 3.37. The van der Waals surface area contributed by atoms with E-state index < -0.39 is 44.0 Å². The number of benzene rings is 1. The molecule has 3 aromatic rings. The fourth-order valence-corrected chi connectivity index (χ4v) is 8.04. The Morgan fingerprint density at radius 1 is 1.26 bits per heavy atom. The predicted molar refractivity (Wildman–Crippen MR) is 147 cm³/mol. The van der Waals surface area contributed by atoms with Crippen molar-refractivity contribution >= 4 is 71.2 Å². The number of nitro benzene ring substituents is 1. The van der Waals surface area contributed by atoms with Crippen LogP contribution in [0.2, 0.25) is 0 Å². The number of nitrogens with zero attached hydrogens (tertiary/aromatic N) is 3. The topological polar surface area (TPSA) is 167 Å². The number of aryl methyl sites for hydroxylation is 1. The van der Waals surface area contributed by atoms with Gasteiger partial charge in [-0.05, 0) is 43.7 Å².